The van der Waals surface area contributed by atoms with Crippen molar-refractivity contribution in [3.05, 3.63) is 0 Å². The third-order valence-electron chi connectivity index (χ3n) is 0.627. The first-order chi connectivity index (χ1) is 4.18. The van der Waals surface area contributed by atoms with Gasteiger partial charge >= 0.3 is 5.97 Å². The van der Waals surface area contributed by atoms with Crippen LogP contribution in [0.15, 0.2) is 0 Å². The second-order valence-electron chi connectivity index (χ2n) is 1.47. The molecule has 54 valence electrons. The fourth-order valence-corrected chi connectivity index (χ4v) is 0.530. The van der Waals surface area contributed by atoms with Crippen LogP contribution in [0.5, 0.6) is 0 Å². The zero-order valence-corrected chi connectivity index (χ0v) is 8.24. The number of carbonyl (C=O) groups excluding carboxylic acids is 1. The topological polar surface area (TPSA) is 26.3 Å². The van der Waals surface area contributed by atoms with Gasteiger partial charge in [0.25, 0.3) is 0 Å². The molecule has 0 bridgehead atoms. The number of esters is 1. The molecular weight excluding hydrogens is 252 g/mol. The van der Waals surface area contributed by atoms with Crippen molar-refractivity contribution in [3.8, 4) is 0 Å². The highest BCUT2D eigenvalue weighted by Crippen LogP contribution is 2.09. The highest BCUT2D eigenvalue weighted by atomic mass is 79.9. The zero-order valence-electron chi connectivity index (χ0n) is 5.06. The van der Waals surface area contributed by atoms with Gasteiger partial charge in [-0.05, 0) is 6.42 Å². The van der Waals surface area contributed by atoms with Crippen LogP contribution < -0.4 is 0 Å². The molecule has 4 heteroatoms. The van der Waals surface area contributed by atoms with E-state index in [9.17, 15) is 4.79 Å². The molecule has 0 saturated heterocycles. The Morgan fingerprint density at radius 2 is 2.22 bits per heavy atom. The van der Waals surface area contributed by atoms with Gasteiger partial charge in [0, 0.05) is 0 Å². The van der Waals surface area contributed by atoms with Gasteiger partial charge in [-0.1, -0.05) is 38.8 Å². The summed E-state index contributed by atoms with van der Waals surface area (Å²) in [7, 11) is 0. The Labute approximate surface area is 71.2 Å². The lowest BCUT2D eigenvalue weighted by atomic mass is 10.5. The molecule has 0 N–H and O–H groups in total. The molecule has 0 fully saturated rings. The van der Waals surface area contributed by atoms with Crippen LogP contribution in [0.25, 0.3) is 0 Å². The summed E-state index contributed by atoms with van der Waals surface area (Å²) in [6, 6.07) is 0. The van der Waals surface area contributed by atoms with Crippen molar-refractivity contribution in [1.29, 1.82) is 0 Å². The Kier molecular flexibility index (Phi) is 5.48. The van der Waals surface area contributed by atoms with E-state index in [2.05, 4.69) is 31.9 Å². The van der Waals surface area contributed by atoms with E-state index in [0.29, 0.717) is 6.61 Å². The molecular formula is C5H8Br2O2. The lowest BCUT2D eigenvalue weighted by molar-refractivity contribution is -0.140. The highest BCUT2D eigenvalue weighted by Gasteiger charge is 2.09. The Morgan fingerprint density at radius 3 is 2.56 bits per heavy atom. The molecule has 0 amide bonds. The van der Waals surface area contributed by atoms with Gasteiger partial charge < -0.3 is 4.74 Å². The van der Waals surface area contributed by atoms with Crippen molar-refractivity contribution in [1.82, 2.24) is 0 Å². The van der Waals surface area contributed by atoms with Crippen molar-refractivity contribution in [3.63, 3.8) is 0 Å². The summed E-state index contributed by atoms with van der Waals surface area (Å²) in [5.41, 5.74) is 0. The number of ether oxygens (including phenoxy) is 1. The van der Waals surface area contributed by atoms with E-state index in [0.717, 1.165) is 6.42 Å². The van der Waals surface area contributed by atoms with E-state index in [1.54, 1.807) is 0 Å². The molecule has 0 aromatic rings. The Hall–Kier alpha value is 0.430. The summed E-state index contributed by atoms with van der Waals surface area (Å²) in [6.45, 7) is 2.44. The molecule has 0 aromatic heterocycles. The van der Waals surface area contributed by atoms with Crippen LogP contribution in [-0.2, 0) is 9.53 Å². The molecule has 0 aliphatic carbocycles. The minimum Gasteiger partial charge on any atom is -0.464 e. The molecule has 0 aromatic carbocycles. The van der Waals surface area contributed by atoms with Gasteiger partial charge in [0.15, 0.2) is 3.74 Å². The molecule has 9 heavy (non-hydrogen) atoms. The van der Waals surface area contributed by atoms with Crippen LogP contribution >= 0.6 is 31.9 Å². The van der Waals surface area contributed by atoms with Crippen molar-refractivity contribution < 1.29 is 9.53 Å². The summed E-state index contributed by atoms with van der Waals surface area (Å²) in [5, 5.41) is 0. The number of rotatable bonds is 3. The van der Waals surface area contributed by atoms with Crippen LogP contribution in [-0.4, -0.2) is 16.3 Å². The number of carbonyl (C=O) groups is 1. The lowest BCUT2D eigenvalue weighted by Gasteiger charge is -2.01. The molecule has 0 aliphatic rings. The van der Waals surface area contributed by atoms with Crippen LogP contribution in [0.2, 0.25) is 0 Å². The van der Waals surface area contributed by atoms with Gasteiger partial charge in [-0.3, -0.25) is 0 Å². The fraction of sp³-hybridized carbons (Fsp3) is 0.800. The first kappa shape index (κ1) is 9.43. The standard InChI is InChI=1S/C5H8Br2O2/c1-2-3-9-5(8)4(6)7/h4H,2-3H2,1H3. The molecule has 0 heterocycles. The number of hydrogen-bond acceptors (Lipinski definition) is 2. The highest BCUT2D eigenvalue weighted by molar-refractivity contribution is 9.25. The van der Waals surface area contributed by atoms with Crippen molar-refractivity contribution in [2.75, 3.05) is 6.61 Å². The maximum Gasteiger partial charge on any atom is 0.330 e. The first-order valence-corrected chi connectivity index (χ1v) is 4.46. The third kappa shape index (κ3) is 4.90. The Bertz CT molecular complexity index is 93.0. The van der Waals surface area contributed by atoms with E-state index in [-0.39, 0.29) is 9.71 Å². The predicted octanol–water partition coefficient (Wildman–Crippen LogP) is 2.06. The van der Waals surface area contributed by atoms with E-state index in [1.165, 1.54) is 0 Å². The third-order valence-corrected chi connectivity index (χ3v) is 1.37. The quantitative estimate of drug-likeness (QED) is 0.573. The summed E-state index contributed by atoms with van der Waals surface area (Å²) in [5.74, 6) is -0.267. The fourth-order valence-electron chi connectivity index (χ4n) is 0.266. The van der Waals surface area contributed by atoms with Crippen LogP contribution in [0, 0.1) is 0 Å². The van der Waals surface area contributed by atoms with Crippen molar-refractivity contribution >= 4 is 37.8 Å². The molecule has 0 spiro atoms. The second-order valence-corrected chi connectivity index (χ2v) is 4.53. The summed E-state index contributed by atoms with van der Waals surface area (Å²) >= 11 is 6.02. The van der Waals surface area contributed by atoms with E-state index < -0.39 is 0 Å². The van der Waals surface area contributed by atoms with E-state index in [1.807, 2.05) is 6.92 Å². The predicted molar refractivity (Wildman–Crippen MR) is 42.9 cm³/mol. The maximum atomic E-state index is 10.6. The van der Waals surface area contributed by atoms with Gasteiger partial charge in [-0.15, -0.1) is 0 Å². The average Bonchev–Trinajstić information content (AvgIpc) is 1.82. The monoisotopic (exact) mass is 258 g/mol. The molecule has 0 unspecified atom stereocenters. The molecule has 0 saturated carbocycles. The van der Waals surface area contributed by atoms with Gasteiger partial charge in [0.05, 0.1) is 6.61 Å². The van der Waals surface area contributed by atoms with Gasteiger partial charge in [0.1, 0.15) is 0 Å². The van der Waals surface area contributed by atoms with Crippen LogP contribution in [0.3, 0.4) is 0 Å². The SMILES string of the molecule is CCCOC(=O)C(Br)Br. The number of halogens is 2. The minimum atomic E-state index is -0.364. The first-order valence-electron chi connectivity index (χ1n) is 2.63. The molecule has 0 atom stereocenters. The maximum absolute atomic E-state index is 10.6. The second kappa shape index (κ2) is 5.23. The largest absolute Gasteiger partial charge is 0.464 e. The van der Waals surface area contributed by atoms with Crippen molar-refractivity contribution in [2.24, 2.45) is 0 Å². The molecule has 0 aliphatic heterocycles. The smallest absolute Gasteiger partial charge is 0.330 e. The van der Waals surface area contributed by atoms with Crippen LogP contribution in [0.4, 0.5) is 0 Å². The lowest BCUT2D eigenvalue weighted by Crippen LogP contribution is -2.11. The Balaban J connectivity index is 3.28. The van der Waals surface area contributed by atoms with Gasteiger partial charge in [-0.2, -0.15) is 0 Å². The average molecular weight is 260 g/mol. The zero-order chi connectivity index (χ0) is 7.28. The number of hydrogen-bond donors (Lipinski definition) is 0. The summed E-state index contributed by atoms with van der Waals surface area (Å²) < 4.78 is 4.36. The van der Waals surface area contributed by atoms with E-state index >= 15 is 0 Å². The van der Waals surface area contributed by atoms with Crippen LogP contribution in [0.1, 0.15) is 13.3 Å². The molecule has 0 rings (SSSR count). The van der Waals surface area contributed by atoms with Crippen molar-refractivity contribution in [2.45, 2.75) is 17.1 Å². The summed E-state index contributed by atoms with van der Waals surface area (Å²) in [6.07, 6.45) is 0.860. The molecule has 0 radical (unpaired) electrons. The number of alkyl halides is 2. The normalized spacial score (nSPS) is 9.78. The summed E-state index contributed by atoms with van der Waals surface area (Å²) in [4.78, 5) is 10.6. The minimum absolute atomic E-state index is 0.267. The Morgan fingerprint density at radius 1 is 1.67 bits per heavy atom. The van der Waals surface area contributed by atoms with Gasteiger partial charge in [0.2, 0.25) is 0 Å². The van der Waals surface area contributed by atoms with E-state index in [4.69, 9.17) is 4.74 Å². The van der Waals surface area contributed by atoms with Gasteiger partial charge in [-0.25, -0.2) is 4.79 Å². The molecule has 2 nitrogen and oxygen atoms in total.